The normalized spacial score (nSPS) is 21.8. The van der Waals surface area contributed by atoms with Crippen LogP contribution >= 0.6 is 0 Å². The predicted octanol–water partition coefficient (Wildman–Crippen LogP) is 1.09. The average Bonchev–Trinajstić information content (AvgIpc) is 2.79. The molecule has 1 aromatic rings. The van der Waals surface area contributed by atoms with Gasteiger partial charge in [-0.2, -0.15) is 0 Å². The Morgan fingerprint density at radius 3 is 2.70 bits per heavy atom. The van der Waals surface area contributed by atoms with E-state index in [0.29, 0.717) is 13.0 Å². The van der Waals surface area contributed by atoms with Crippen molar-refractivity contribution in [2.24, 2.45) is 5.92 Å². The zero-order valence-electron chi connectivity index (χ0n) is 11.2. The highest BCUT2D eigenvalue weighted by Crippen LogP contribution is 2.26. The molecule has 1 saturated heterocycles. The van der Waals surface area contributed by atoms with Crippen molar-refractivity contribution in [1.82, 2.24) is 4.90 Å². The summed E-state index contributed by atoms with van der Waals surface area (Å²) in [6.45, 7) is 1.93. The number of benzene rings is 1. The van der Waals surface area contributed by atoms with Gasteiger partial charge in [-0.25, -0.2) is 0 Å². The summed E-state index contributed by atoms with van der Waals surface area (Å²) in [6, 6.07) is 6.05. The fourth-order valence-electron chi connectivity index (χ4n) is 2.42. The standard InChI is InChI=1S/C14H17NO5/c1-9-10(14(18)19)6-7-15(9)13(17)8-20-12-5-3-2-4-11(12)16/h2-5,9-10,16H,6-8H2,1H3,(H,18,19). The van der Waals surface area contributed by atoms with Gasteiger partial charge in [0.2, 0.25) is 0 Å². The maximum absolute atomic E-state index is 12.0. The molecule has 1 fully saturated rings. The van der Waals surface area contributed by atoms with Crippen LogP contribution in [0, 0.1) is 5.92 Å². The monoisotopic (exact) mass is 279 g/mol. The van der Waals surface area contributed by atoms with Gasteiger partial charge in [0.05, 0.1) is 5.92 Å². The summed E-state index contributed by atoms with van der Waals surface area (Å²) >= 11 is 0. The number of nitrogens with zero attached hydrogens (tertiary/aromatic N) is 1. The molecule has 1 aliphatic heterocycles. The van der Waals surface area contributed by atoms with Crippen LogP contribution in [0.3, 0.4) is 0 Å². The quantitative estimate of drug-likeness (QED) is 0.861. The van der Waals surface area contributed by atoms with E-state index in [1.165, 1.54) is 11.0 Å². The lowest BCUT2D eigenvalue weighted by molar-refractivity contribution is -0.143. The second kappa shape index (κ2) is 5.81. The maximum atomic E-state index is 12.0. The summed E-state index contributed by atoms with van der Waals surface area (Å²) in [4.78, 5) is 24.5. The molecule has 0 spiro atoms. The second-order valence-corrected chi connectivity index (χ2v) is 4.82. The van der Waals surface area contributed by atoms with E-state index in [1.807, 2.05) is 0 Å². The Hall–Kier alpha value is -2.24. The van der Waals surface area contributed by atoms with E-state index >= 15 is 0 Å². The van der Waals surface area contributed by atoms with Gasteiger partial charge < -0.3 is 19.8 Å². The number of phenols is 1. The largest absolute Gasteiger partial charge is 0.504 e. The lowest BCUT2D eigenvalue weighted by atomic mass is 10.0. The zero-order chi connectivity index (χ0) is 14.7. The van der Waals surface area contributed by atoms with Gasteiger partial charge in [-0.3, -0.25) is 9.59 Å². The summed E-state index contributed by atoms with van der Waals surface area (Å²) in [5.41, 5.74) is 0. The van der Waals surface area contributed by atoms with Crippen LogP contribution < -0.4 is 4.74 Å². The Balaban J connectivity index is 1.93. The van der Waals surface area contributed by atoms with Crippen LogP contribution in [0.1, 0.15) is 13.3 Å². The highest BCUT2D eigenvalue weighted by Gasteiger charge is 2.38. The van der Waals surface area contributed by atoms with Crippen molar-refractivity contribution in [2.45, 2.75) is 19.4 Å². The third kappa shape index (κ3) is 2.84. The molecule has 20 heavy (non-hydrogen) atoms. The number of ether oxygens (including phenoxy) is 1. The number of para-hydroxylation sites is 2. The molecular weight excluding hydrogens is 262 g/mol. The second-order valence-electron chi connectivity index (χ2n) is 4.82. The molecule has 1 heterocycles. The van der Waals surface area contributed by atoms with E-state index < -0.39 is 11.9 Å². The molecule has 0 bridgehead atoms. The molecule has 1 aliphatic rings. The van der Waals surface area contributed by atoms with E-state index in [1.54, 1.807) is 25.1 Å². The maximum Gasteiger partial charge on any atom is 0.308 e. The summed E-state index contributed by atoms with van der Waals surface area (Å²) in [5.74, 6) is -1.47. The van der Waals surface area contributed by atoms with Gasteiger partial charge in [-0.15, -0.1) is 0 Å². The molecule has 108 valence electrons. The van der Waals surface area contributed by atoms with E-state index in [2.05, 4.69) is 0 Å². The van der Waals surface area contributed by atoms with Crippen LogP contribution in [-0.2, 0) is 9.59 Å². The summed E-state index contributed by atoms with van der Waals surface area (Å²) in [6.07, 6.45) is 0.457. The number of carbonyl (C=O) groups excluding carboxylic acids is 1. The molecule has 2 N–H and O–H groups in total. The minimum absolute atomic E-state index is 0.0295. The number of carboxylic acids is 1. The smallest absolute Gasteiger partial charge is 0.308 e. The lowest BCUT2D eigenvalue weighted by Gasteiger charge is -2.23. The lowest BCUT2D eigenvalue weighted by Crippen LogP contribution is -2.40. The van der Waals surface area contributed by atoms with Gasteiger partial charge in [0.25, 0.3) is 5.91 Å². The van der Waals surface area contributed by atoms with Crippen LogP contribution in [0.25, 0.3) is 0 Å². The fourth-order valence-corrected chi connectivity index (χ4v) is 2.42. The molecule has 0 aromatic heterocycles. The molecule has 1 amide bonds. The predicted molar refractivity (Wildman–Crippen MR) is 70.5 cm³/mol. The van der Waals surface area contributed by atoms with Gasteiger partial charge in [-0.1, -0.05) is 12.1 Å². The van der Waals surface area contributed by atoms with Crippen molar-refractivity contribution in [3.8, 4) is 11.5 Å². The molecule has 1 aromatic carbocycles. The van der Waals surface area contributed by atoms with Crippen molar-refractivity contribution < 1.29 is 24.5 Å². The molecule has 0 aliphatic carbocycles. The van der Waals surface area contributed by atoms with Crippen molar-refractivity contribution in [3.05, 3.63) is 24.3 Å². The average molecular weight is 279 g/mol. The third-order valence-corrected chi connectivity index (χ3v) is 3.61. The van der Waals surface area contributed by atoms with Crippen LogP contribution in [0.2, 0.25) is 0 Å². The van der Waals surface area contributed by atoms with Crippen LogP contribution in [-0.4, -0.2) is 46.2 Å². The molecule has 2 atom stereocenters. The highest BCUT2D eigenvalue weighted by molar-refractivity contribution is 5.80. The number of aromatic hydroxyl groups is 1. The Bertz CT molecular complexity index is 516. The van der Waals surface area contributed by atoms with E-state index in [-0.39, 0.29) is 30.1 Å². The first-order chi connectivity index (χ1) is 9.50. The number of rotatable bonds is 4. The van der Waals surface area contributed by atoms with Crippen molar-refractivity contribution in [3.63, 3.8) is 0 Å². The van der Waals surface area contributed by atoms with Crippen molar-refractivity contribution >= 4 is 11.9 Å². The Morgan fingerprint density at radius 2 is 2.10 bits per heavy atom. The van der Waals surface area contributed by atoms with Crippen LogP contribution in [0.5, 0.6) is 11.5 Å². The van der Waals surface area contributed by atoms with Gasteiger partial charge in [0, 0.05) is 12.6 Å². The number of hydrogen-bond acceptors (Lipinski definition) is 4. The number of carbonyl (C=O) groups is 2. The Morgan fingerprint density at radius 1 is 1.40 bits per heavy atom. The minimum atomic E-state index is -0.880. The van der Waals surface area contributed by atoms with Gasteiger partial charge >= 0.3 is 5.97 Å². The summed E-state index contributed by atoms with van der Waals surface area (Å²) < 4.78 is 5.27. The molecule has 6 heteroatoms. The van der Waals surface area contributed by atoms with E-state index in [4.69, 9.17) is 9.84 Å². The van der Waals surface area contributed by atoms with Crippen LogP contribution in [0.15, 0.2) is 24.3 Å². The van der Waals surface area contributed by atoms with E-state index in [9.17, 15) is 14.7 Å². The zero-order valence-corrected chi connectivity index (χ0v) is 11.2. The highest BCUT2D eigenvalue weighted by atomic mass is 16.5. The topological polar surface area (TPSA) is 87.1 Å². The number of carboxylic acid groups (broad SMARTS) is 1. The summed E-state index contributed by atoms with van der Waals surface area (Å²) in [7, 11) is 0. The molecule has 0 radical (unpaired) electrons. The number of aliphatic carboxylic acids is 1. The number of hydrogen-bond donors (Lipinski definition) is 2. The Kier molecular flexibility index (Phi) is 4.12. The first-order valence-electron chi connectivity index (χ1n) is 6.43. The molecule has 6 nitrogen and oxygen atoms in total. The van der Waals surface area contributed by atoms with Crippen molar-refractivity contribution in [2.75, 3.05) is 13.2 Å². The fraction of sp³-hybridized carbons (Fsp3) is 0.429. The Labute approximate surface area is 116 Å². The molecule has 2 rings (SSSR count). The SMILES string of the molecule is CC1C(C(=O)O)CCN1C(=O)COc1ccccc1O. The van der Waals surface area contributed by atoms with Gasteiger partial charge in [0.1, 0.15) is 0 Å². The number of phenolic OH excluding ortho intramolecular Hbond substituents is 1. The number of likely N-dealkylation sites (tertiary alicyclic amines) is 1. The first kappa shape index (κ1) is 14.2. The van der Waals surface area contributed by atoms with E-state index in [0.717, 1.165) is 0 Å². The summed E-state index contributed by atoms with van der Waals surface area (Å²) in [5, 5.41) is 18.6. The van der Waals surface area contributed by atoms with Gasteiger partial charge in [-0.05, 0) is 25.5 Å². The molecular formula is C14H17NO5. The van der Waals surface area contributed by atoms with Gasteiger partial charge in [0.15, 0.2) is 18.1 Å². The molecule has 0 saturated carbocycles. The van der Waals surface area contributed by atoms with Crippen molar-refractivity contribution in [1.29, 1.82) is 0 Å². The first-order valence-corrected chi connectivity index (χ1v) is 6.43. The minimum Gasteiger partial charge on any atom is -0.504 e. The molecule has 2 unspecified atom stereocenters. The van der Waals surface area contributed by atoms with Crippen LogP contribution in [0.4, 0.5) is 0 Å². The number of amides is 1. The third-order valence-electron chi connectivity index (χ3n) is 3.61.